The van der Waals surface area contributed by atoms with Gasteiger partial charge < -0.3 is 0 Å². The van der Waals surface area contributed by atoms with Crippen LogP contribution in [-0.2, 0) is 6.42 Å². The van der Waals surface area contributed by atoms with Crippen LogP contribution in [0.15, 0.2) is 53.7 Å². The summed E-state index contributed by atoms with van der Waals surface area (Å²) in [7, 11) is 0. The van der Waals surface area contributed by atoms with Crippen LogP contribution in [0.3, 0.4) is 0 Å². The van der Waals surface area contributed by atoms with Crippen LogP contribution in [0, 0.1) is 6.92 Å². The minimum absolute atomic E-state index is 0.0574. The second kappa shape index (κ2) is 5.13. The van der Waals surface area contributed by atoms with Crippen LogP contribution in [0.4, 0.5) is 0 Å². The zero-order valence-electron chi connectivity index (χ0n) is 11.1. The summed E-state index contributed by atoms with van der Waals surface area (Å²) in [6.07, 6.45) is 5.72. The lowest BCUT2D eigenvalue weighted by Crippen LogP contribution is -2.18. The zero-order chi connectivity index (χ0) is 13.9. The van der Waals surface area contributed by atoms with Crippen molar-refractivity contribution in [1.29, 1.82) is 0 Å². The van der Waals surface area contributed by atoms with Gasteiger partial charge in [0.05, 0.1) is 0 Å². The van der Waals surface area contributed by atoms with Crippen LogP contribution >= 0.6 is 0 Å². The van der Waals surface area contributed by atoms with E-state index in [1.807, 2.05) is 31.2 Å². The molecule has 0 saturated carbocycles. The molecule has 3 heterocycles. The highest BCUT2D eigenvalue weighted by molar-refractivity contribution is 5.29. The summed E-state index contributed by atoms with van der Waals surface area (Å²) in [5, 5.41) is 3.08. The van der Waals surface area contributed by atoms with Crippen molar-refractivity contribution in [3.05, 3.63) is 76.1 Å². The first-order valence-corrected chi connectivity index (χ1v) is 6.36. The van der Waals surface area contributed by atoms with Crippen LogP contribution in [-0.4, -0.2) is 19.7 Å². The van der Waals surface area contributed by atoms with Gasteiger partial charge in [-0.05, 0) is 36.8 Å². The second-order valence-electron chi connectivity index (χ2n) is 4.58. The molecule has 0 spiro atoms. The van der Waals surface area contributed by atoms with Gasteiger partial charge in [0.25, 0.3) is 5.56 Å². The van der Waals surface area contributed by atoms with E-state index >= 15 is 0 Å². The first-order chi connectivity index (χ1) is 9.75. The molecular formula is C15H14N4O. The molecule has 0 aliphatic carbocycles. The summed E-state index contributed by atoms with van der Waals surface area (Å²) in [6, 6.07) is 9.30. The fourth-order valence-electron chi connectivity index (χ4n) is 2.14. The predicted octanol–water partition coefficient (Wildman–Crippen LogP) is 1.85. The Hall–Kier alpha value is -2.69. The van der Waals surface area contributed by atoms with Crippen molar-refractivity contribution in [3.63, 3.8) is 0 Å². The lowest BCUT2D eigenvalue weighted by Gasteiger charge is -1.98. The molecule has 1 N–H and O–H groups in total. The van der Waals surface area contributed by atoms with Crippen molar-refractivity contribution in [2.24, 2.45) is 0 Å². The first kappa shape index (κ1) is 12.3. The third-order valence-electron chi connectivity index (χ3n) is 3.20. The van der Waals surface area contributed by atoms with Gasteiger partial charge in [-0.25, -0.2) is 9.67 Å². The highest BCUT2D eigenvalue weighted by atomic mass is 16.1. The number of aryl methyl sites for hydroxylation is 1. The van der Waals surface area contributed by atoms with Crippen LogP contribution < -0.4 is 5.56 Å². The third-order valence-corrected chi connectivity index (χ3v) is 3.20. The Morgan fingerprint density at radius 3 is 2.65 bits per heavy atom. The van der Waals surface area contributed by atoms with E-state index in [2.05, 4.69) is 15.1 Å². The van der Waals surface area contributed by atoms with Crippen LogP contribution in [0.1, 0.15) is 16.8 Å². The number of nitrogens with one attached hydrogen (secondary N) is 1. The van der Waals surface area contributed by atoms with E-state index in [9.17, 15) is 4.79 Å². The lowest BCUT2D eigenvalue weighted by molar-refractivity contribution is 0.806. The summed E-state index contributed by atoms with van der Waals surface area (Å²) in [6.45, 7) is 1.90. The molecule has 0 bridgehead atoms. The van der Waals surface area contributed by atoms with Gasteiger partial charge in [0.15, 0.2) is 5.82 Å². The van der Waals surface area contributed by atoms with E-state index in [1.54, 1.807) is 24.7 Å². The van der Waals surface area contributed by atoms with Crippen molar-refractivity contribution in [1.82, 2.24) is 19.7 Å². The molecule has 3 aromatic rings. The first-order valence-electron chi connectivity index (χ1n) is 6.36. The maximum atomic E-state index is 12.5. The number of hydrogen-bond acceptors (Lipinski definition) is 3. The molecule has 0 fully saturated rings. The van der Waals surface area contributed by atoms with Crippen molar-refractivity contribution >= 4 is 0 Å². The molecule has 0 aliphatic heterocycles. The summed E-state index contributed by atoms with van der Waals surface area (Å²) in [5.41, 5.74) is 2.62. The number of hydrogen-bond donors (Lipinski definition) is 1. The van der Waals surface area contributed by atoms with Gasteiger partial charge in [0.1, 0.15) is 0 Å². The smallest absolute Gasteiger partial charge is 0.276 e. The second-order valence-corrected chi connectivity index (χ2v) is 4.58. The highest BCUT2D eigenvalue weighted by Gasteiger charge is 2.13. The van der Waals surface area contributed by atoms with Crippen molar-refractivity contribution < 1.29 is 0 Å². The minimum atomic E-state index is -0.0574. The number of rotatable bonds is 3. The molecule has 0 radical (unpaired) electrons. The lowest BCUT2D eigenvalue weighted by atomic mass is 10.1. The Bertz CT molecular complexity index is 760. The zero-order valence-corrected chi connectivity index (χ0v) is 11.1. The van der Waals surface area contributed by atoms with E-state index in [1.165, 1.54) is 4.68 Å². The maximum Gasteiger partial charge on any atom is 0.276 e. The summed E-state index contributed by atoms with van der Waals surface area (Å²) in [5.74, 6) is 0.599. The predicted molar refractivity (Wildman–Crippen MR) is 76.0 cm³/mol. The van der Waals surface area contributed by atoms with E-state index in [4.69, 9.17) is 0 Å². The molecule has 20 heavy (non-hydrogen) atoms. The molecule has 0 amide bonds. The molecule has 100 valence electrons. The van der Waals surface area contributed by atoms with Gasteiger partial charge in [0, 0.05) is 36.3 Å². The number of aromatic nitrogens is 4. The van der Waals surface area contributed by atoms with Gasteiger partial charge in [-0.1, -0.05) is 6.07 Å². The molecule has 3 aromatic heterocycles. The minimum Gasteiger partial charge on any atom is -0.294 e. The molecule has 0 saturated heterocycles. The molecule has 5 nitrogen and oxygen atoms in total. The Kier molecular flexibility index (Phi) is 3.16. The summed E-state index contributed by atoms with van der Waals surface area (Å²) >= 11 is 0. The largest absolute Gasteiger partial charge is 0.294 e. The quantitative estimate of drug-likeness (QED) is 0.787. The fraction of sp³-hybridized carbons (Fsp3) is 0.133. The van der Waals surface area contributed by atoms with E-state index < -0.39 is 0 Å². The average Bonchev–Trinajstić information content (AvgIpc) is 2.77. The van der Waals surface area contributed by atoms with Crippen LogP contribution in [0.25, 0.3) is 5.82 Å². The normalized spacial score (nSPS) is 10.7. The topological polar surface area (TPSA) is 63.6 Å². The molecule has 0 aliphatic rings. The van der Waals surface area contributed by atoms with Gasteiger partial charge in [-0.2, -0.15) is 0 Å². The van der Waals surface area contributed by atoms with Gasteiger partial charge in [-0.3, -0.25) is 14.9 Å². The molecule has 5 heteroatoms. The van der Waals surface area contributed by atoms with E-state index in [0.29, 0.717) is 12.2 Å². The Labute approximate surface area is 115 Å². The van der Waals surface area contributed by atoms with Crippen molar-refractivity contribution in [3.8, 4) is 5.82 Å². The standard InChI is InChI=1S/C15H14N4O/c1-11-13(10-12-5-8-16-9-6-12)15(20)19(18-11)14-4-2-3-7-17-14/h2-9,18H,10H2,1H3. The van der Waals surface area contributed by atoms with Gasteiger partial charge in [0.2, 0.25) is 0 Å². The summed E-state index contributed by atoms with van der Waals surface area (Å²) in [4.78, 5) is 20.6. The third kappa shape index (κ3) is 2.25. The van der Waals surface area contributed by atoms with Gasteiger partial charge in [-0.15, -0.1) is 0 Å². The fourth-order valence-corrected chi connectivity index (χ4v) is 2.14. The van der Waals surface area contributed by atoms with Gasteiger partial charge >= 0.3 is 0 Å². The SMILES string of the molecule is Cc1[nH]n(-c2ccccn2)c(=O)c1Cc1ccncc1. The molecule has 0 atom stereocenters. The Balaban J connectivity index is 2.02. The monoisotopic (exact) mass is 266 g/mol. The Morgan fingerprint density at radius 2 is 1.95 bits per heavy atom. The number of nitrogens with zero attached hydrogens (tertiary/aromatic N) is 3. The molecular weight excluding hydrogens is 252 g/mol. The number of pyridine rings is 2. The van der Waals surface area contributed by atoms with E-state index in [0.717, 1.165) is 16.8 Å². The van der Waals surface area contributed by atoms with Crippen molar-refractivity contribution in [2.45, 2.75) is 13.3 Å². The highest BCUT2D eigenvalue weighted by Crippen LogP contribution is 2.09. The van der Waals surface area contributed by atoms with Crippen LogP contribution in [0.2, 0.25) is 0 Å². The van der Waals surface area contributed by atoms with E-state index in [-0.39, 0.29) is 5.56 Å². The summed E-state index contributed by atoms with van der Waals surface area (Å²) < 4.78 is 1.48. The van der Waals surface area contributed by atoms with Crippen molar-refractivity contribution in [2.75, 3.05) is 0 Å². The van der Waals surface area contributed by atoms with Crippen LogP contribution in [0.5, 0.6) is 0 Å². The molecule has 0 unspecified atom stereocenters. The number of aromatic amines is 1. The maximum absolute atomic E-state index is 12.5. The molecule has 3 rings (SSSR count). The molecule has 0 aromatic carbocycles. The Morgan fingerprint density at radius 1 is 1.15 bits per heavy atom. The average molecular weight is 266 g/mol. The number of H-pyrrole nitrogens is 1.